The van der Waals surface area contributed by atoms with Gasteiger partial charge in [0.1, 0.15) is 0 Å². The van der Waals surface area contributed by atoms with Gasteiger partial charge in [0.15, 0.2) is 0 Å². The average molecular weight is 339 g/mol. The van der Waals surface area contributed by atoms with Crippen LogP contribution in [0.1, 0.15) is 31.1 Å². The summed E-state index contributed by atoms with van der Waals surface area (Å²) >= 11 is 3.70. The number of nitrogens with one attached hydrogen (secondary N) is 1. The Hall–Kier alpha value is -0.140. The summed E-state index contributed by atoms with van der Waals surface area (Å²) in [4.78, 5) is 11.8. The van der Waals surface area contributed by atoms with Crippen LogP contribution in [0.15, 0.2) is 11.4 Å². The van der Waals surface area contributed by atoms with Crippen LogP contribution in [0.4, 0.5) is 0 Å². The van der Waals surface area contributed by atoms with E-state index in [1.54, 1.807) is 20.8 Å². The number of aliphatic hydroxyl groups excluding tert-OH is 1. The summed E-state index contributed by atoms with van der Waals surface area (Å²) in [5.41, 5.74) is 0.0444. The summed E-state index contributed by atoms with van der Waals surface area (Å²) in [7, 11) is 0. The van der Waals surface area contributed by atoms with Crippen LogP contribution < -0.4 is 5.32 Å². The highest BCUT2D eigenvalue weighted by atomic mass is 127. The van der Waals surface area contributed by atoms with Crippen LogP contribution in [0.5, 0.6) is 0 Å². The summed E-state index contributed by atoms with van der Waals surface area (Å²) < 4.78 is 1.08. The van der Waals surface area contributed by atoms with Crippen molar-refractivity contribution in [2.75, 3.05) is 0 Å². The van der Waals surface area contributed by atoms with Gasteiger partial charge < -0.3 is 10.4 Å². The maximum atomic E-state index is 11.8. The summed E-state index contributed by atoms with van der Waals surface area (Å²) in [5, 5.41) is 14.1. The molecule has 1 atom stereocenters. The molecular formula is C10H14INO2S. The van der Waals surface area contributed by atoms with Gasteiger partial charge in [-0.25, -0.2) is 0 Å². The monoisotopic (exact) mass is 339 g/mol. The van der Waals surface area contributed by atoms with Gasteiger partial charge in [-0.05, 0) is 49.4 Å². The van der Waals surface area contributed by atoms with E-state index in [2.05, 4.69) is 27.9 Å². The normalized spacial score (nSPS) is 13.7. The van der Waals surface area contributed by atoms with E-state index in [9.17, 15) is 9.90 Å². The van der Waals surface area contributed by atoms with Gasteiger partial charge in [-0.1, -0.05) is 0 Å². The van der Waals surface area contributed by atoms with Crippen LogP contribution in [0.25, 0.3) is 0 Å². The molecule has 0 aliphatic carbocycles. The zero-order valence-corrected chi connectivity index (χ0v) is 11.8. The van der Waals surface area contributed by atoms with Crippen molar-refractivity contribution in [1.82, 2.24) is 5.32 Å². The van der Waals surface area contributed by atoms with Crippen molar-refractivity contribution in [3.05, 3.63) is 19.9 Å². The van der Waals surface area contributed by atoms with Crippen molar-refractivity contribution in [3.63, 3.8) is 0 Å². The fourth-order valence-corrected chi connectivity index (χ4v) is 2.22. The number of aliphatic hydroxyl groups is 1. The molecule has 0 saturated heterocycles. The summed E-state index contributed by atoms with van der Waals surface area (Å²) in [6.45, 7) is 5.26. The molecule has 5 heteroatoms. The van der Waals surface area contributed by atoms with Gasteiger partial charge in [-0.2, -0.15) is 0 Å². The average Bonchev–Trinajstić information content (AvgIpc) is 2.50. The Balaban J connectivity index is 2.72. The third-order valence-electron chi connectivity index (χ3n) is 2.31. The molecule has 1 aromatic rings. The van der Waals surface area contributed by atoms with Gasteiger partial charge in [0, 0.05) is 5.38 Å². The number of hydrogen-bond acceptors (Lipinski definition) is 3. The second kappa shape index (κ2) is 4.80. The maximum Gasteiger partial charge on any atom is 0.252 e. The predicted octanol–water partition coefficient (Wildman–Crippen LogP) is 2.24. The van der Waals surface area contributed by atoms with Crippen molar-refractivity contribution in [2.45, 2.75) is 32.4 Å². The van der Waals surface area contributed by atoms with E-state index in [0.717, 1.165) is 2.88 Å². The van der Waals surface area contributed by atoms with Crippen molar-refractivity contribution < 1.29 is 9.90 Å². The first kappa shape index (κ1) is 12.9. The number of rotatable bonds is 3. The van der Waals surface area contributed by atoms with Crippen LogP contribution in [0.2, 0.25) is 0 Å². The Labute approximate surface area is 107 Å². The van der Waals surface area contributed by atoms with Crippen LogP contribution in [-0.4, -0.2) is 22.7 Å². The lowest BCUT2D eigenvalue weighted by Gasteiger charge is -2.29. The molecule has 0 radical (unpaired) electrons. The van der Waals surface area contributed by atoms with E-state index in [-0.39, 0.29) is 5.91 Å². The van der Waals surface area contributed by atoms with Gasteiger partial charge in [-0.15, -0.1) is 11.3 Å². The fourth-order valence-electron chi connectivity index (χ4n) is 0.898. The molecule has 0 spiro atoms. The molecule has 0 aliphatic heterocycles. The number of halogens is 1. The van der Waals surface area contributed by atoms with Gasteiger partial charge in [0.05, 0.1) is 20.1 Å². The molecule has 1 amide bonds. The van der Waals surface area contributed by atoms with Crippen LogP contribution in [-0.2, 0) is 0 Å². The minimum absolute atomic E-state index is 0.139. The number of thiophene rings is 1. The third-order valence-corrected chi connectivity index (χ3v) is 4.10. The Morgan fingerprint density at radius 3 is 2.67 bits per heavy atom. The summed E-state index contributed by atoms with van der Waals surface area (Å²) in [5.74, 6) is -0.139. The van der Waals surface area contributed by atoms with Crippen molar-refractivity contribution in [2.24, 2.45) is 0 Å². The van der Waals surface area contributed by atoms with Crippen LogP contribution >= 0.6 is 33.9 Å². The smallest absolute Gasteiger partial charge is 0.252 e. The van der Waals surface area contributed by atoms with Gasteiger partial charge in [0.25, 0.3) is 5.91 Å². The molecule has 0 bridgehead atoms. The lowest BCUT2D eigenvalue weighted by atomic mass is 9.98. The number of carbonyl (C=O) groups excluding carboxylic acids is 1. The highest BCUT2D eigenvalue weighted by Crippen LogP contribution is 2.18. The Kier molecular flexibility index (Phi) is 4.13. The van der Waals surface area contributed by atoms with Gasteiger partial charge >= 0.3 is 0 Å². The zero-order chi connectivity index (χ0) is 11.6. The third kappa shape index (κ3) is 3.42. The van der Waals surface area contributed by atoms with E-state index < -0.39 is 11.6 Å². The first-order chi connectivity index (χ1) is 6.83. The van der Waals surface area contributed by atoms with Crippen LogP contribution in [0, 0.1) is 2.88 Å². The largest absolute Gasteiger partial charge is 0.391 e. The lowest BCUT2D eigenvalue weighted by molar-refractivity contribution is 0.0710. The first-order valence-electron chi connectivity index (χ1n) is 4.57. The molecule has 0 fully saturated rings. The molecule has 3 nitrogen and oxygen atoms in total. The molecule has 0 aliphatic rings. The van der Waals surface area contributed by atoms with Crippen molar-refractivity contribution in [3.8, 4) is 0 Å². The van der Waals surface area contributed by atoms with E-state index in [1.165, 1.54) is 11.3 Å². The molecule has 0 saturated carbocycles. The summed E-state index contributed by atoms with van der Waals surface area (Å²) in [6.07, 6.45) is -0.584. The molecule has 1 unspecified atom stereocenters. The van der Waals surface area contributed by atoms with E-state index in [1.807, 2.05) is 11.4 Å². The maximum absolute atomic E-state index is 11.8. The molecule has 1 heterocycles. The van der Waals surface area contributed by atoms with Crippen molar-refractivity contribution >= 4 is 39.8 Å². The molecule has 84 valence electrons. The topological polar surface area (TPSA) is 49.3 Å². The molecule has 1 rings (SSSR count). The van der Waals surface area contributed by atoms with Gasteiger partial charge in [0.2, 0.25) is 0 Å². The van der Waals surface area contributed by atoms with Gasteiger partial charge in [-0.3, -0.25) is 4.79 Å². The molecule has 15 heavy (non-hydrogen) atoms. The molecule has 2 N–H and O–H groups in total. The molecule has 0 aromatic carbocycles. The number of carbonyl (C=O) groups is 1. The minimum atomic E-state index is -0.607. The highest BCUT2D eigenvalue weighted by Gasteiger charge is 2.26. The molecular weight excluding hydrogens is 325 g/mol. The second-order valence-corrected chi connectivity index (χ2v) is 6.80. The lowest BCUT2D eigenvalue weighted by Crippen LogP contribution is -2.50. The minimum Gasteiger partial charge on any atom is -0.391 e. The van der Waals surface area contributed by atoms with E-state index >= 15 is 0 Å². The fraction of sp³-hybridized carbons (Fsp3) is 0.500. The van der Waals surface area contributed by atoms with E-state index in [4.69, 9.17) is 0 Å². The van der Waals surface area contributed by atoms with E-state index in [0.29, 0.717) is 5.56 Å². The highest BCUT2D eigenvalue weighted by molar-refractivity contribution is 14.1. The second-order valence-electron chi connectivity index (χ2n) is 3.99. The molecule has 1 aromatic heterocycles. The Bertz CT molecular complexity index is 360. The Morgan fingerprint density at radius 1 is 1.67 bits per heavy atom. The predicted molar refractivity (Wildman–Crippen MR) is 70.3 cm³/mol. The number of hydrogen-bond donors (Lipinski definition) is 2. The standard InChI is InChI=1S/C10H14INO2S/c1-6(13)10(2,3)12-9(14)7-4-8(11)15-5-7/h4-6,13H,1-3H3,(H,12,14). The van der Waals surface area contributed by atoms with Crippen LogP contribution in [0.3, 0.4) is 0 Å². The Morgan fingerprint density at radius 2 is 2.27 bits per heavy atom. The van der Waals surface area contributed by atoms with Crippen molar-refractivity contribution in [1.29, 1.82) is 0 Å². The SMILES string of the molecule is CC(O)C(C)(C)NC(=O)c1csc(I)c1. The zero-order valence-electron chi connectivity index (χ0n) is 8.87. The quantitative estimate of drug-likeness (QED) is 0.830. The first-order valence-corrected chi connectivity index (χ1v) is 6.53. The number of amides is 1. The summed E-state index contributed by atoms with van der Waals surface area (Å²) in [6, 6.07) is 1.83.